The van der Waals surface area contributed by atoms with E-state index < -0.39 is 6.03 Å². The van der Waals surface area contributed by atoms with Crippen molar-refractivity contribution in [2.45, 2.75) is 60.5 Å². The molecule has 0 aliphatic heterocycles. The molecule has 4 heteroatoms. The van der Waals surface area contributed by atoms with Crippen LogP contribution in [0.5, 0.6) is 0 Å². The van der Waals surface area contributed by atoms with Crippen LogP contribution in [0.15, 0.2) is 0 Å². The fourth-order valence-corrected chi connectivity index (χ4v) is 2.00. The van der Waals surface area contributed by atoms with Crippen molar-refractivity contribution in [2.75, 3.05) is 13.2 Å². The monoisotopic (exact) mass is 258 g/mol. The maximum atomic E-state index is 10.6. The molecule has 1 atom stereocenters. The van der Waals surface area contributed by atoms with E-state index in [1.807, 2.05) is 0 Å². The largest absolute Gasteiger partial charge is 0.373 e. The highest BCUT2D eigenvalue weighted by molar-refractivity contribution is 5.71. The Morgan fingerprint density at radius 1 is 1.11 bits per heavy atom. The first-order valence-corrected chi connectivity index (χ1v) is 6.55. The minimum atomic E-state index is -0.508. The molecule has 0 aromatic carbocycles. The summed E-state index contributed by atoms with van der Waals surface area (Å²) < 4.78 is 6.05. The van der Waals surface area contributed by atoms with Crippen LogP contribution in [0.1, 0.15) is 54.9 Å². The molecule has 0 saturated heterocycles. The van der Waals surface area contributed by atoms with Crippen molar-refractivity contribution in [3.63, 3.8) is 0 Å². The summed E-state index contributed by atoms with van der Waals surface area (Å²) in [6.07, 6.45) is 0.958. The lowest BCUT2D eigenvalue weighted by molar-refractivity contribution is -0.123. The van der Waals surface area contributed by atoms with E-state index in [2.05, 4.69) is 53.8 Å². The van der Waals surface area contributed by atoms with E-state index in [1.54, 1.807) is 0 Å². The van der Waals surface area contributed by atoms with Crippen LogP contribution in [-0.4, -0.2) is 24.8 Å². The molecule has 4 nitrogen and oxygen atoms in total. The van der Waals surface area contributed by atoms with Crippen LogP contribution >= 0.6 is 0 Å². The van der Waals surface area contributed by atoms with Gasteiger partial charge in [0.25, 0.3) is 0 Å². The lowest BCUT2D eigenvalue weighted by Crippen LogP contribution is -2.47. The van der Waals surface area contributed by atoms with Gasteiger partial charge in [-0.1, -0.05) is 41.5 Å². The number of hydrogen-bond donors (Lipinski definition) is 2. The average Bonchev–Trinajstić information content (AvgIpc) is 2.07. The SMILES string of the molecule is CC(C)(C)CC(C)(OCCNC(N)=O)C(C)(C)C. The zero-order valence-corrected chi connectivity index (χ0v) is 13.0. The summed E-state index contributed by atoms with van der Waals surface area (Å²) in [5, 5.41) is 2.55. The summed E-state index contributed by atoms with van der Waals surface area (Å²) in [4.78, 5) is 10.6. The zero-order valence-electron chi connectivity index (χ0n) is 13.0. The number of nitrogens with one attached hydrogen (secondary N) is 1. The summed E-state index contributed by atoms with van der Waals surface area (Å²) in [7, 11) is 0. The van der Waals surface area contributed by atoms with Crippen LogP contribution in [0.2, 0.25) is 0 Å². The van der Waals surface area contributed by atoms with Gasteiger partial charge >= 0.3 is 6.03 Å². The van der Waals surface area contributed by atoms with Gasteiger partial charge in [0.15, 0.2) is 0 Å². The minimum Gasteiger partial charge on any atom is -0.373 e. The van der Waals surface area contributed by atoms with Crippen molar-refractivity contribution in [2.24, 2.45) is 16.6 Å². The number of amides is 2. The predicted molar refractivity (Wildman–Crippen MR) is 75.5 cm³/mol. The van der Waals surface area contributed by atoms with Gasteiger partial charge in [-0.05, 0) is 24.2 Å². The van der Waals surface area contributed by atoms with Gasteiger partial charge in [-0.3, -0.25) is 0 Å². The standard InChI is InChI=1S/C14H30N2O2/c1-12(2,3)10-14(7,13(4,5)6)18-9-8-16-11(15)17/h8-10H2,1-7H3,(H3,15,16,17). The molecule has 108 valence electrons. The summed E-state index contributed by atoms with van der Waals surface area (Å²) in [6.45, 7) is 16.2. The van der Waals surface area contributed by atoms with Crippen LogP contribution in [0.3, 0.4) is 0 Å². The van der Waals surface area contributed by atoms with E-state index >= 15 is 0 Å². The number of ether oxygens (including phenoxy) is 1. The van der Waals surface area contributed by atoms with Crippen LogP contribution in [0.25, 0.3) is 0 Å². The van der Waals surface area contributed by atoms with Crippen molar-refractivity contribution in [3.05, 3.63) is 0 Å². The molecule has 18 heavy (non-hydrogen) atoms. The number of nitrogens with two attached hydrogens (primary N) is 1. The molecule has 3 N–H and O–H groups in total. The molecule has 0 bridgehead atoms. The molecule has 0 rings (SSSR count). The number of urea groups is 1. The van der Waals surface area contributed by atoms with Gasteiger partial charge < -0.3 is 15.8 Å². The molecular weight excluding hydrogens is 228 g/mol. The molecule has 0 fully saturated rings. The zero-order chi connectivity index (χ0) is 14.6. The molecule has 0 aromatic heterocycles. The van der Waals surface area contributed by atoms with Gasteiger partial charge in [0.2, 0.25) is 0 Å². The lowest BCUT2D eigenvalue weighted by Gasteiger charge is -2.45. The van der Waals surface area contributed by atoms with Crippen molar-refractivity contribution in [1.29, 1.82) is 0 Å². The molecule has 0 aliphatic carbocycles. The fraction of sp³-hybridized carbons (Fsp3) is 0.929. The number of hydrogen-bond acceptors (Lipinski definition) is 2. The van der Waals surface area contributed by atoms with Crippen molar-refractivity contribution in [3.8, 4) is 0 Å². The van der Waals surface area contributed by atoms with E-state index in [0.29, 0.717) is 13.2 Å². The first kappa shape index (κ1) is 17.2. The van der Waals surface area contributed by atoms with Crippen LogP contribution in [-0.2, 0) is 4.74 Å². The third kappa shape index (κ3) is 6.24. The molecule has 1 unspecified atom stereocenters. The Bertz CT molecular complexity index is 276. The number of rotatable bonds is 5. The average molecular weight is 258 g/mol. The highest BCUT2D eigenvalue weighted by Gasteiger charge is 2.41. The highest BCUT2D eigenvalue weighted by atomic mass is 16.5. The second kappa shape index (κ2) is 5.91. The Hall–Kier alpha value is -0.770. The number of carbonyl (C=O) groups is 1. The molecular formula is C14H30N2O2. The molecule has 0 aromatic rings. The van der Waals surface area contributed by atoms with Gasteiger partial charge in [-0.2, -0.15) is 0 Å². The second-order valence-electron chi connectivity index (χ2n) is 7.36. The van der Waals surface area contributed by atoms with Crippen molar-refractivity contribution in [1.82, 2.24) is 5.32 Å². The molecule has 0 radical (unpaired) electrons. The Labute approximate surface area is 112 Å². The van der Waals surface area contributed by atoms with E-state index in [9.17, 15) is 4.79 Å². The topological polar surface area (TPSA) is 64.3 Å². The molecule has 0 aliphatic rings. The maximum absolute atomic E-state index is 10.6. The third-order valence-corrected chi connectivity index (χ3v) is 3.28. The molecule has 0 spiro atoms. The van der Waals surface area contributed by atoms with Gasteiger partial charge in [0.1, 0.15) is 0 Å². The fourth-order valence-electron chi connectivity index (χ4n) is 2.00. The predicted octanol–water partition coefficient (Wildman–Crippen LogP) is 2.91. The van der Waals surface area contributed by atoms with Gasteiger partial charge in [0, 0.05) is 6.54 Å². The maximum Gasteiger partial charge on any atom is 0.312 e. The molecule has 0 saturated carbocycles. The summed E-state index contributed by atoms with van der Waals surface area (Å²) in [5.74, 6) is 0. The first-order valence-electron chi connectivity index (χ1n) is 6.55. The molecule has 0 heterocycles. The summed E-state index contributed by atoms with van der Waals surface area (Å²) in [6, 6.07) is -0.508. The van der Waals surface area contributed by atoms with E-state index in [1.165, 1.54) is 0 Å². The lowest BCUT2D eigenvalue weighted by atomic mass is 9.69. The van der Waals surface area contributed by atoms with E-state index in [0.717, 1.165) is 6.42 Å². The normalized spacial score (nSPS) is 16.2. The quantitative estimate of drug-likeness (QED) is 0.745. The molecule has 2 amide bonds. The van der Waals surface area contributed by atoms with Crippen molar-refractivity contribution < 1.29 is 9.53 Å². The summed E-state index contributed by atoms with van der Waals surface area (Å²) >= 11 is 0. The van der Waals surface area contributed by atoms with Gasteiger partial charge in [-0.25, -0.2) is 4.79 Å². The number of carbonyl (C=O) groups excluding carboxylic acids is 1. The van der Waals surface area contributed by atoms with E-state index in [4.69, 9.17) is 10.5 Å². The van der Waals surface area contributed by atoms with Gasteiger partial charge in [0.05, 0.1) is 12.2 Å². The Morgan fingerprint density at radius 3 is 1.94 bits per heavy atom. The Balaban J connectivity index is 4.55. The minimum absolute atomic E-state index is 0.0347. The smallest absolute Gasteiger partial charge is 0.312 e. The first-order chi connectivity index (χ1) is 7.87. The van der Waals surface area contributed by atoms with Crippen LogP contribution in [0.4, 0.5) is 4.79 Å². The number of primary amides is 1. The van der Waals surface area contributed by atoms with Crippen LogP contribution in [0, 0.1) is 10.8 Å². The Morgan fingerprint density at radius 2 is 1.61 bits per heavy atom. The van der Waals surface area contributed by atoms with E-state index in [-0.39, 0.29) is 16.4 Å². The second-order valence-corrected chi connectivity index (χ2v) is 7.36. The van der Waals surface area contributed by atoms with Crippen molar-refractivity contribution >= 4 is 6.03 Å². The summed E-state index contributed by atoms with van der Waals surface area (Å²) in [5.41, 5.74) is 5.02. The third-order valence-electron chi connectivity index (χ3n) is 3.28. The van der Waals surface area contributed by atoms with Gasteiger partial charge in [-0.15, -0.1) is 0 Å². The van der Waals surface area contributed by atoms with Crippen LogP contribution < -0.4 is 11.1 Å². The highest BCUT2D eigenvalue weighted by Crippen LogP contribution is 2.41. The Kier molecular flexibility index (Phi) is 5.66.